The minimum absolute atomic E-state index is 0.00263. The summed E-state index contributed by atoms with van der Waals surface area (Å²) in [4.78, 5) is 12.2. The molecule has 0 saturated carbocycles. The van der Waals surface area contributed by atoms with Gasteiger partial charge in [0.15, 0.2) is 0 Å². The highest BCUT2D eigenvalue weighted by molar-refractivity contribution is 8.41. The fraction of sp³-hybridized carbons (Fsp3) is 0.350. The lowest BCUT2D eigenvalue weighted by Crippen LogP contribution is -2.41. The highest BCUT2D eigenvalue weighted by Crippen LogP contribution is 2.53. The zero-order chi connectivity index (χ0) is 20.6. The topological polar surface area (TPSA) is 77.0 Å². The summed E-state index contributed by atoms with van der Waals surface area (Å²) in [5, 5.41) is 12.1. The molecule has 6 nitrogen and oxygen atoms in total. The smallest absolute Gasteiger partial charge is 0.407 e. The molecule has 9 heteroatoms. The van der Waals surface area contributed by atoms with E-state index in [1.165, 1.54) is 11.1 Å². The van der Waals surface area contributed by atoms with Crippen molar-refractivity contribution < 1.29 is 23.9 Å². The maximum atomic E-state index is 12.2. The first-order valence-corrected chi connectivity index (χ1v) is 13.8. The molecule has 1 aliphatic carbocycles. The minimum atomic E-state index is -0.582. The summed E-state index contributed by atoms with van der Waals surface area (Å²) in [5.74, 6) is 0.00263. The number of aliphatic hydroxyl groups is 1. The quantitative estimate of drug-likeness (QED) is 0.422. The van der Waals surface area contributed by atoms with Crippen molar-refractivity contribution in [2.45, 2.75) is 12.0 Å². The first-order valence-electron chi connectivity index (χ1n) is 9.32. The number of rotatable bonds is 10. The Bertz CT molecular complexity index is 775. The molecule has 2 N–H and O–H groups in total. The second-order valence-electron chi connectivity index (χ2n) is 6.62. The maximum absolute atomic E-state index is 12.2. The predicted octanol–water partition coefficient (Wildman–Crippen LogP) is 3.90. The first-order chi connectivity index (χ1) is 14.1. The molecule has 0 heterocycles. The molecule has 0 bridgehead atoms. The van der Waals surface area contributed by atoms with Crippen molar-refractivity contribution in [2.24, 2.45) is 0 Å². The molecule has 1 aliphatic rings. The molecule has 2 aromatic carbocycles. The van der Waals surface area contributed by atoms with Crippen molar-refractivity contribution in [2.75, 3.05) is 33.0 Å². The van der Waals surface area contributed by atoms with Crippen molar-refractivity contribution in [3.63, 3.8) is 0 Å². The van der Waals surface area contributed by atoms with Gasteiger partial charge in [-0.05, 0) is 22.3 Å². The molecule has 2 aromatic rings. The van der Waals surface area contributed by atoms with Crippen molar-refractivity contribution in [3.8, 4) is 11.1 Å². The van der Waals surface area contributed by atoms with E-state index < -0.39 is 19.7 Å². The molecule has 0 radical (unpaired) electrons. The minimum Gasteiger partial charge on any atom is -0.449 e. The number of nitrogens with one attached hydrogen (secondary N) is 1. The van der Waals surface area contributed by atoms with Crippen LogP contribution in [0, 0.1) is 0 Å². The number of carbonyl (C=O) groups is 1. The monoisotopic (exact) mass is 453 g/mol. The molecule has 3 rings (SSSR count). The molecule has 156 valence electrons. The molecule has 0 fully saturated rings. The van der Waals surface area contributed by atoms with Gasteiger partial charge in [0, 0.05) is 5.92 Å². The fourth-order valence-corrected chi connectivity index (χ4v) is 4.29. The van der Waals surface area contributed by atoms with Gasteiger partial charge >= 0.3 is 6.09 Å². The molecular formula is C20H26NO5P3. The van der Waals surface area contributed by atoms with Gasteiger partial charge < -0.3 is 24.4 Å². The van der Waals surface area contributed by atoms with Crippen molar-refractivity contribution in [1.82, 2.24) is 5.32 Å². The van der Waals surface area contributed by atoms with Crippen LogP contribution >= 0.6 is 25.4 Å². The lowest BCUT2D eigenvalue weighted by atomic mass is 9.98. The summed E-state index contributed by atoms with van der Waals surface area (Å²) in [7, 11) is 4.56. The summed E-state index contributed by atoms with van der Waals surface area (Å²) in [6, 6.07) is 15.8. The Labute approximate surface area is 176 Å². The standard InChI is InChI=1S/C20H26NO5P3/c22-11-14(12-24-9-10-26-29(27)28)21-20(23)25-13-19-17-7-3-1-5-15(17)16-6-2-4-8-18(16)19/h1-8,14,19,22H,9-13,27-28H2,(H,21,23)/t14-/m0/s1. The average molecular weight is 453 g/mol. The zero-order valence-electron chi connectivity index (χ0n) is 16.0. The van der Waals surface area contributed by atoms with E-state index in [-0.39, 0.29) is 25.7 Å². The van der Waals surface area contributed by atoms with Crippen LogP contribution in [0.4, 0.5) is 4.79 Å². The Morgan fingerprint density at radius 1 is 1.07 bits per heavy atom. The van der Waals surface area contributed by atoms with Crippen LogP contribution in [-0.4, -0.2) is 50.3 Å². The summed E-state index contributed by atoms with van der Waals surface area (Å²) < 4.78 is 16.3. The van der Waals surface area contributed by atoms with E-state index in [2.05, 4.69) is 47.4 Å². The van der Waals surface area contributed by atoms with E-state index in [1.807, 2.05) is 24.3 Å². The summed E-state index contributed by atoms with van der Waals surface area (Å²) >= 11 is 0. The fourth-order valence-electron chi connectivity index (χ4n) is 3.37. The molecule has 0 spiro atoms. The number of fused-ring (bicyclic) bond motifs is 3. The van der Waals surface area contributed by atoms with Crippen LogP contribution in [-0.2, 0) is 14.0 Å². The lowest BCUT2D eigenvalue weighted by molar-refractivity contribution is 0.0662. The molecule has 0 aromatic heterocycles. The van der Waals surface area contributed by atoms with Gasteiger partial charge in [0.25, 0.3) is 0 Å². The Morgan fingerprint density at radius 3 is 2.28 bits per heavy atom. The maximum Gasteiger partial charge on any atom is 0.407 e. The number of hydrogen-bond donors (Lipinski definition) is 2. The second kappa shape index (κ2) is 11.3. The van der Waals surface area contributed by atoms with Gasteiger partial charge in [-0.3, -0.25) is 0 Å². The molecule has 0 aliphatic heterocycles. The Balaban J connectivity index is 1.50. The largest absolute Gasteiger partial charge is 0.449 e. The van der Waals surface area contributed by atoms with E-state index in [1.54, 1.807) is 0 Å². The van der Waals surface area contributed by atoms with E-state index >= 15 is 0 Å². The highest BCUT2D eigenvalue weighted by atomic mass is 32.4. The van der Waals surface area contributed by atoms with Gasteiger partial charge in [-0.15, -0.1) is 0 Å². The van der Waals surface area contributed by atoms with Crippen molar-refractivity contribution in [3.05, 3.63) is 59.7 Å². The average Bonchev–Trinajstić information content (AvgIpc) is 3.05. The van der Waals surface area contributed by atoms with Crippen LogP contribution in [0.1, 0.15) is 17.0 Å². The van der Waals surface area contributed by atoms with Crippen LogP contribution in [0.15, 0.2) is 48.5 Å². The Kier molecular flexibility index (Phi) is 8.81. The number of alkyl carbamates (subject to hydrolysis) is 1. The number of amides is 1. The molecular weight excluding hydrogens is 427 g/mol. The van der Waals surface area contributed by atoms with E-state index in [0.717, 1.165) is 11.1 Å². The van der Waals surface area contributed by atoms with E-state index in [4.69, 9.17) is 14.0 Å². The van der Waals surface area contributed by atoms with E-state index in [9.17, 15) is 9.90 Å². The number of ether oxygens (including phenoxy) is 2. The number of aliphatic hydroxyl groups excluding tert-OH is 1. The normalized spacial score (nSPS) is 13.8. The summed E-state index contributed by atoms with van der Waals surface area (Å²) in [5.41, 5.74) is 4.68. The van der Waals surface area contributed by atoms with Gasteiger partial charge in [-0.25, -0.2) is 4.79 Å². The van der Waals surface area contributed by atoms with Crippen LogP contribution in [0.3, 0.4) is 0 Å². The summed E-state index contributed by atoms with van der Waals surface area (Å²) in [6.45, 7) is 1.05. The lowest BCUT2D eigenvalue weighted by Gasteiger charge is -2.18. The van der Waals surface area contributed by atoms with Gasteiger partial charge in [0.2, 0.25) is 0 Å². The molecule has 0 saturated heterocycles. The van der Waals surface area contributed by atoms with Gasteiger partial charge in [-0.2, -0.15) is 0 Å². The number of benzene rings is 2. The first kappa shape index (κ1) is 22.6. The van der Waals surface area contributed by atoms with Crippen molar-refractivity contribution in [1.29, 1.82) is 0 Å². The van der Waals surface area contributed by atoms with Gasteiger partial charge in [0.1, 0.15) is 6.61 Å². The third kappa shape index (κ3) is 6.18. The van der Waals surface area contributed by atoms with Crippen molar-refractivity contribution >= 4 is 31.5 Å². The van der Waals surface area contributed by atoms with Gasteiger partial charge in [-0.1, -0.05) is 66.4 Å². The third-order valence-electron chi connectivity index (χ3n) is 4.67. The highest BCUT2D eigenvalue weighted by Gasteiger charge is 2.29. The predicted molar refractivity (Wildman–Crippen MR) is 122 cm³/mol. The molecule has 3 atom stereocenters. The van der Waals surface area contributed by atoms with Crippen LogP contribution in [0.25, 0.3) is 11.1 Å². The van der Waals surface area contributed by atoms with Gasteiger partial charge in [0.05, 0.1) is 40.0 Å². The molecule has 29 heavy (non-hydrogen) atoms. The SMILES string of the molecule is O=C(N[C@@H](CO)COCCOP(P)P)OCC1c2ccccc2-c2ccccc21. The third-order valence-corrected chi connectivity index (χ3v) is 6.05. The van der Waals surface area contributed by atoms with E-state index in [0.29, 0.717) is 13.2 Å². The molecule has 2 unspecified atom stereocenters. The number of hydrogen-bond acceptors (Lipinski definition) is 5. The van der Waals surface area contributed by atoms with Crippen LogP contribution < -0.4 is 5.32 Å². The Hall–Kier alpha value is -1.12. The van der Waals surface area contributed by atoms with Crippen LogP contribution in [0.2, 0.25) is 0 Å². The number of carbonyl (C=O) groups excluding carboxylic acids is 1. The zero-order valence-corrected chi connectivity index (χ0v) is 19.2. The second-order valence-corrected chi connectivity index (χ2v) is 12.4. The molecule has 1 amide bonds. The Morgan fingerprint density at radius 2 is 1.69 bits per heavy atom. The summed E-state index contributed by atoms with van der Waals surface area (Å²) in [6.07, 6.45) is -0.566. The van der Waals surface area contributed by atoms with Crippen LogP contribution in [0.5, 0.6) is 0 Å².